The summed E-state index contributed by atoms with van der Waals surface area (Å²) in [6.45, 7) is 0.302. The predicted octanol–water partition coefficient (Wildman–Crippen LogP) is 2.25. The van der Waals surface area contributed by atoms with E-state index in [4.69, 9.17) is 10.8 Å². The first-order chi connectivity index (χ1) is 7.70. The van der Waals surface area contributed by atoms with E-state index in [1.54, 1.807) is 0 Å². The molecule has 0 saturated carbocycles. The molecule has 0 bridgehead atoms. The Morgan fingerprint density at radius 2 is 2.06 bits per heavy atom. The zero-order valence-electron chi connectivity index (χ0n) is 8.93. The highest BCUT2D eigenvalue weighted by Gasteiger charge is 2.26. The van der Waals surface area contributed by atoms with Crippen LogP contribution < -0.4 is 11.1 Å². The first kappa shape index (κ1) is 13.1. The summed E-state index contributed by atoms with van der Waals surface area (Å²) in [7, 11) is 0. The molecule has 0 amide bonds. The van der Waals surface area contributed by atoms with Gasteiger partial charge in [-0.15, -0.1) is 0 Å². The number of hydrogen-bond donors (Lipinski definition) is 3. The average molecular weight is 248 g/mol. The molecular weight excluding hydrogens is 237 g/mol. The number of rotatable bonds is 3. The fourth-order valence-corrected chi connectivity index (χ4v) is 1.28. The number of nitrogens with two attached hydrogens (primary N) is 1. The molecule has 0 atom stereocenters. The number of alkyl halides is 3. The number of aromatic carboxylic acids is 1. The summed E-state index contributed by atoms with van der Waals surface area (Å²) < 4.78 is 35.9. The summed E-state index contributed by atoms with van der Waals surface area (Å²) in [5, 5.41) is 10.9. The molecule has 0 aromatic heterocycles. The molecule has 0 aliphatic heterocycles. The standard InChI is InChI=1S/C10H11F3N2O2/c1-5-2-6(15-4-10(11,12)13)3-7(8(5)14)9(16)17/h2-3,15H,4,14H2,1H3,(H,16,17). The van der Waals surface area contributed by atoms with Crippen molar-refractivity contribution in [1.82, 2.24) is 0 Å². The third-order valence-corrected chi connectivity index (χ3v) is 2.11. The second-order valence-electron chi connectivity index (χ2n) is 3.53. The Kier molecular flexibility index (Phi) is 3.50. The van der Waals surface area contributed by atoms with Crippen molar-refractivity contribution in [2.45, 2.75) is 13.1 Å². The van der Waals surface area contributed by atoms with Crippen LogP contribution in [0.25, 0.3) is 0 Å². The Bertz CT molecular complexity index is 444. The van der Waals surface area contributed by atoms with Crippen LogP contribution in [0.1, 0.15) is 15.9 Å². The average Bonchev–Trinajstić information content (AvgIpc) is 2.18. The second-order valence-corrected chi connectivity index (χ2v) is 3.53. The normalized spacial score (nSPS) is 11.3. The molecule has 0 saturated heterocycles. The van der Waals surface area contributed by atoms with Crippen LogP contribution in [0.2, 0.25) is 0 Å². The number of nitrogens with one attached hydrogen (secondary N) is 1. The van der Waals surface area contributed by atoms with Crippen LogP contribution in [0, 0.1) is 6.92 Å². The van der Waals surface area contributed by atoms with Crippen LogP contribution in [0.4, 0.5) is 24.5 Å². The third kappa shape index (κ3) is 3.54. The van der Waals surface area contributed by atoms with Crippen LogP contribution in [0.5, 0.6) is 0 Å². The highest BCUT2D eigenvalue weighted by atomic mass is 19.4. The molecule has 0 unspecified atom stereocenters. The first-order valence-electron chi connectivity index (χ1n) is 4.65. The highest BCUT2D eigenvalue weighted by molar-refractivity contribution is 5.95. The number of carboxylic acid groups (broad SMARTS) is 1. The van der Waals surface area contributed by atoms with Gasteiger partial charge < -0.3 is 16.2 Å². The molecule has 4 nitrogen and oxygen atoms in total. The van der Waals surface area contributed by atoms with E-state index >= 15 is 0 Å². The molecule has 0 aliphatic rings. The summed E-state index contributed by atoms with van der Waals surface area (Å²) >= 11 is 0. The van der Waals surface area contributed by atoms with Crippen molar-refractivity contribution in [1.29, 1.82) is 0 Å². The molecule has 0 aliphatic carbocycles. The monoisotopic (exact) mass is 248 g/mol. The summed E-state index contributed by atoms with van der Waals surface area (Å²) in [5.41, 5.74) is 5.83. The molecular formula is C10H11F3N2O2. The number of hydrogen-bond acceptors (Lipinski definition) is 3. The fraction of sp³-hybridized carbons (Fsp3) is 0.300. The van der Waals surface area contributed by atoms with E-state index < -0.39 is 18.7 Å². The largest absolute Gasteiger partial charge is 0.478 e. The summed E-state index contributed by atoms with van der Waals surface area (Å²) in [6, 6.07) is 2.45. The minimum atomic E-state index is -4.36. The molecule has 4 N–H and O–H groups in total. The molecule has 0 fully saturated rings. The van der Waals surface area contributed by atoms with Crippen LogP contribution in [-0.2, 0) is 0 Å². The van der Waals surface area contributed by atoms with Gasteiger partial charge >= 0.3 is 12.1 Å². The van der Waals surface area contributed by atoms with Crippen LogP contribution in [-0.4, -0.2) is 23.8 Å². The lowest BCUT2D eigenvalue weighted by Crippen LogP contribution is -2.21. The van der Waals surface area contributed by atoms with Crippen molar-refractivity contribution >= 4 is 17.3 Å². The maximum Gasteiger partial charge on any atom is 0.405 e. The molecule has 17 heavy (non-hydrogen) atoms. The topological polar surface area (TPSA) is 75.3 Å². The fourth-order valence-electron chi connectivity index (χ4n) is 1.28. The van der Waals surface area contributed by atoms with Crippen molar-refractivity contribution in [3.8, 4) is 0 Å². The van der Waals surface area contributed by atoms with Crippen molar-refractivity contribution in [3.63, 3.8) is 0 Å². The van der Waals surface area contributed by atoms with Crippen molar-refractivity contribution < 1.29 is 23.1 Å². The lowest BCUT2D eigenvalue weighted by Gasteiger charge is -2.12. The van der Waals surface area contributed by atoms with Gasteiger partial charge in [-0.2, -0.15) is 13.2 Å². The molecule has 1 rings (SSSR count). The SMILES string of the molecule is Cc1cc(NCC(F)(F)F)cc(C(=O)O)c1N. The molecule has 0 heterocycles. The smallest absolute Gasteiger partial charge is 0.405 e. The highest BCUT2D eigenvalue weighted by Crippen LogP contribution is 2.24. The maximum absolute atomic E-state index is 12.0. The first-order valence-corrected chi connectivity index (χ1v) is 4.65. The number of carbonyl (C=O) groups is 1. The Balaban J connectivity index is 2.99. The minimum Gasteiger partial charge on any atom is -0.478 e. The molecule has 0 radical (unpaired) electrons. The number of halogens is 3. The van der Waals surface area contributed by atoms with Gasteiger partial charge in [0, 0.05) is 11.4 Å². The zero-order chi connectivity index (χ0) is 13.2. The summed E-state index contributed by atoms with van der Waals surface area (Å²) in [6.07, 6.45) is -4.36. The van der Waals surface area contributed by atoms with Crippen molar-refractivity contribution in [2.24, 2.45) is 0 Å². The minimum absolute atomic E-state index is 0.0510. The predicted molar refractivity (Wildman–Crippen MR) is 57.1 cm³/mol. The lowest BCUT2D eigenvalue weighted by molar-refractivity contribution is -0.115. The van der Waals surface area contributed by atoms with E-state index in [1.807, 2.05) is 0 Å². The van der Waals surface area contributed by atoms with Gasteiger partial charge in [-0.25, -0.2) is 4.79 Å². The maximum atomic E-state index is 12.0. The van der Waals surface area contributed by atoms with E-state index in [0.29, 0.717) is 5.56 Å². The van der Waals surface area contributed by atoms with Gasteiger partial charge in [-0.05, 0) is 24.6 Å². The Morgan fingerprint density at radius 1 is 1.47 bits per heavy atom. The van der Waals surface area contributed by atoms with Crippen LogP contribution >= 0.6 is 0 Å². The Morgan fingerprint density at radius 3 is 2.53 bits per heavy atom. The quantitative estimate of drug-likeness (QED) is 0.717. The van der Waals surface area contributed by atoms with Crippen LogP contribution in [0.3, 0.4) is 0 Å². The van der Waals surface area contributed by atoms with Gasteiger partial charge in [0.1, 0.15) is 6.54 Å². The van der Waals surface area contributed by atoms with Gasteiger partial charge in [0.25, 0.3) is 0 Å². The zero-order valence-corrected chi connectivity index (χ0v) is 8.93. The molecule has 94 valence electrons. The summed E-state index contributed by atoms with van der Waals surface area (Å²) in [5.74, 6) is -1.28. The van der Waals surface area contributed by atoms with Crippen molar-refractivity contribution in [2.75, 3.05) is 17.6 Å². The Labute approximate surface area is 95.2 Å². The van der Waals surface area contributed by atoms with Gasteiger partial charge in [0.15, 0.2) is 0 Å². The van der Waals surface area contributed by atoms with Gasteiger partial charge in [0.05, 0.1) is 5.56 Å². The van der Waals surface area contributed by atoms with E-state index in [9.17, 15) is 18.0 Å². The Hall–Kier alpha value is -1.92. The van der Waals surface area contributed by atoms with Crippen LogP contribution in [0.15, 0.2) is 12.1 Å². The van der Waals surface area contributed by atoms with Gasteiger partial charge in [-0.1, -0.05) is 0 Å². The van der Waals surface area contributed by atoms with E-state index in [2.05, 4.69) is 5.32 Å². The van der Waals surface area contributed by atoms with Gasteiger partial charge in [-0.3, -0.25) is 0 Å². The second kappa shape index (κ2) is 4.52. The van der Waals surface area contributed by atoms with E-state index in [0.717, 1.165) is 6.07 Å². The molecule has 1 aromatic rings. The molecule has 1 aromatic carbocycles. The number of anilines is 2. The van der Waals surface area contributed by atoms with Crippen molar-refractivity contribution in [3.05, 3.63) is 23.3 Å². The third-order valence-electron chi connectivity index (χ3n) is 2.11. The molecule has 0 spiro atoms. The number of carboxylic acids is 1. The number of benzene rings is 1. The van der Waals surface area contributed by atoms with Gasteiger partial charge in [0.2, 0.25) is 0 Å². The van der Waals surface area contributed by atoms with E-state index in [-0.39, 0.29) is 16.9 Å². The number of nitrogen functional groups attached to an aromatic ring is 1. The molecule has 7 heteroatoms. The lowest BCUT2D eigenvalue weighted by atomic mass is 10.1. The summed E-state index contributed by atoms with van der Waals surface area (Å²) in [4.78, 5) is 10.8. The van der Waals surface area contributed by atoms with E-state index in [1.165, 1.54) is 13.0 Å². The number of aryl methyl sites for hydroxylation is 1.